The molecule has 72 valence electrons. The minimum atomic E-state index is 0.587. The molecule has 0 aliphatic carbocycles. The quantitative estimate of drug-likeness (QED) is 0.685. The van der Waals surface area contributed by atoms with Crippen molar-refractivity contribution in [2.24, 2.45) is 5.41 Å². The van der Waals surface area contributed by atoms with Crippen LogP contribution in [-0.2, 0) is 0 Å². The van der Waals surface area contributed by atoms with Gasteiger partial charge in [-0.15, -0.1) is 0 Å². The molecular weight excluding hydrogens is 146 g/mol. The first-order chi connectivity index (χ1) is 5.64. The van der Waals surface area contributed by atoms with Crippen molar-refractivity contribution in [3.63, 3.8) is 0 Å². The van der Waals surface area contributed by atoms with Crippen molar-refractivity contribution >= 4 is 0 Å². The Balaban J connectivity index is 2.26. The molecule has 1 nitrogen and oxygen atoms in total. The first-order valence-electron chi connectivity index (χ1n) is 5.37. The summed E-state index contributed by atoms with van der Waals surface area (Å²) in [6.07, 6.45) is 6.80. The average Bonchev–Trinajstić information content (AvgIpc) is 1.99. The molecule has 1 aliphatic heterocycles. The maximum absolute atomic E-state index is 3.61. The summed E-state index contributed by atoms with van der Waals surface area (Å²) in [6, 6.07) is 0.800. The van der Waals surface area contributed by atoms with Crippen molar-refractivity contribution in [1.29, 1.82) is 0 Å². The van der Waals surface area contributed by atoms with Crippen molar-refractivity contribution in [2.45, 2.75) is 58.9 Å². The van der Waals surface area contributed by atoms with Crippen LogP contribution in [0.2, 0.25) is 0 Å². The Morgan fingerprint density at radius 3 is 2.75 bits per heavy atom. The zero-order valence-electron chi connectivity index (χ0n) is 8.82. The van der Waals surface area contributed by atoms with Gasteiger partial charge in [-0.3, -0.25) is 0 Å². The molecule has 1 heteroatoms. The smallest absolute Gasteiger partial charge is 0.00721 e. The molecule has 1 heterocycles. The lowest BCUT2D eigenvalue weighted by molar-refractivity contribution is 0.201. The molecule has 0 spiro atoms. The summed E-state index contributed by atoms with van der Waals surface area (Å²) in [4.78, 5) is 0. The van der Waals surface area contributed by atoms with Crippen LogP contribution in [0.3, 0.4) is 0 Å². The predicted octanol–water partition coefficient (Wildman–Crippen LogP) is 2.95. The summed E-state index contributed by atoms with van der Waals surface area (Å²) in [5.74, 6) is 0. The Labute approximate surface area is 76.9 Å². The van der Waals surface area contributed by atoms with E-state index in [4.69, 9.17) is 0 Å². The third-order valence-corrected chi connectivity index (χ3v) is 2.94. The third kappa shape index (κ3) is 3.14. The van der Waals surface area contributed by atoms with E-state index in [0.29, 0.717) is 5.41 Å². The summed E-state index contributed by atoms with van der Waals surface area (Å²) in [5, 5.41) is 3.61. The zero-order valence-corrected chi connectivity index (χ0v) is 8.82. The summed E-state index contributed by atoms with van der Waals surface area (Å²) < 4.78 is 0. The molecular formula is C11H23N. The highest BCUT2D eigenvalue weighted by Gasteiger charge is 2.26. The molecule has 0 radical (unpaired) electrons. The van der Waals surface area contributed by atoms with Crippen LogP contribution in [0.1, 0.15) is 52.9 Å². The highest BCUT2D eigenvalue weighted by atomic mass is 14.9. The van der Waals surface area contributed by atoms with Crippen molar-refractivity contribution in [3.8, 4) is 0 Å². The molecule has 1 fully saturated rings. The third-order valence-electron chi connectivity index (χ3n) is 2.94. The van der Waals surface area contributed by atoms with Gasteiger partial charge in [0.25, 0.3) is 0 Å². The van der Waals surface area contributed by atoms with Gasteiger partial charge >= 0.3 is 0 Å². The van der Waals surface area contributed by atoms with Gasteiger partial charge in [-0.2, -0.15) is 0 Å². The Kier molecular flexibility index (Phi) is 3.57. The summed E-state index contributed by atoms with van der Waals surface area (Å²) in [6.45, 7) is 8.29. The maximum atomic E-state index is 3.61. The second-order valence-electron chi connectivity index (χ2n) is 4.91. The molecule has 12 heavy (non-hydrogen) atoms. The highest BCUT2D eigenvalue weighted by Crippen LogP contribution is 2.30. The molecule has 1 saturated heterocycles. The molecule has 0 aromatic rings. The molecule has 1 atom stereocenters. The normalized spacial score (nSPS) is 28.8. The Morgan fingerprint density at radius 1 is 1.42 bits per heavy atom. The molecule has 0 bridgehead atoms. The van der Waals surface area contributed by atoms with E-state index in [-0.39, 0.29) is 0 Å². The lowest BCUT2D eigenvalue weighted by Crippen LogP contribution is -2.41. The van der Waals surface area contributed by atoms with Crippen LogP contribution in [0.5, 0.6) is 0 Å². The van der Waals surface area contributed by atoms with E-state index >= 15 is 0 Å². The van der Waals surface area contributed by atoms with E-state index < -0.39 is 0 Å². The van der Waals surface area contributed by atoms with E-state index in [0.717, 1.165) is 6.04 Å². The predicted molar refractivity (Wildman–Crippen MR) is 54.3 cm³/mol. The van der Waals surface area contributed by atoms with Crippen molar-refractivity contribution in [3.05, 3.63) is 0 Å². The standard InChI is InChI=1S/C11H23N/c1-4-5-6-10-9-11(2,3)7-8-12-10/h10,12H,4-9H2,1-3H3. The van der Waals surface area contributed by atoms with Crippen molar-refractivity contribution < 1.29 is 0 Å². The van der Waals surface area contributed by atoms with Crippen LogP contribution >= 0.6 is 0 Å². The summed E-state index contributed by atoms with van der Waals surface area (Å²) in [7, 11) is 0. The Morgan fingerprint density at radius 2 is 2.17 bits per heavy atom. The van der Waals surface area contributed by atoms with Gasteiger partial charge in [-0.25, -0.2) is 0 Å². The van der Waals surface area contributed by atoms with E-state index in [1.165, 1.54) is 38.6 Å². The average molecular weight is 169 g/mol. The van der Waals surface area contributed by atoms with Crippen LogP contribution in [-0.4, -0.2) is 12.6 Å². The number of rotatable bonds is 3. The second kappa shape index (κ2) is 4.27. The summed E-state index contributed by atoms with van der Waals surface area (Å²) >= 11 is 0. The minimum Gasteiger partial charge on any atom is -0.314 e. The van der Waals surface area contributed by atoms with E-state index in [9.17, 15) is 0 Å². The number of unbranched alkanes of at least 4 members (excludes halogenated alkanes) is 1. The van der Waals surface area contributed by atoms with E-state index in [2.05, 4.69) is 26.1 Å². The van der Waals surface area contributed by atoms with Gasteiger partial charge in [-0.1, -0.05) is 33.6 Å². The van der Waals surface area contributed by atoms with Crippen LogP contribution in [0, 0.1) is 5.41 Å². The Bertz CT molecular complexity index is 129. The van der Waals surface area contributed by atoms with Crippen LogP contribution in [0.25, 0.3) is 0 Å². The molecule has 1 unspecified atom stereocenters. The first kappa shape index (κ1) is 10.0. The van der Waals surface area contributed by atoms with Gasteiger partial charge in [0.15, 0.2) is 0 Å². The molecule has 0 aromatic carbocycles. The second-order valence-corrected chi connectivity index (χ2v) is 4.91. The zero-order chi connectivity index (χ0) is 9.03. The molecule has 1 rings (SSSR count). The first-order valence-corrected chi connectivity index (χ1v) is 5.37. The monoisotopic (exact) mass is 169 g/mol. The van der Waals surface area contributed by atoms with Crippen molar-refractivity contribution in [1.82, 2.24) is 5.32 Å². The van der Waals surface area contributed by atoms with Gasteiger partial charge in [0.2, 0.25) is 0 Å². The van der Waals surface area contributed by atoms with Crippen LogP contribution < -0.4 is 5.32 Å². The SMILES string of the molecule is CCCCC1CC(C)(C)CCN1. The molecule has 0 amide bonds. The minimum absolute atomic E-state index is 0.587. The lowest BCUT2D eigenvalue weighted by Gasteiger charge is -2.36. The van der Waals surface area contributed by atoms with E-state index in [1.54, 1.807) is 0 Å². The van der Waals surface area contributed by atoms with Gasteiger partial charge < -0.3 is 5.32 Å². The Hall–Kier alpha value is -0.0400. The lowest BCUT2D eigenvalue weighted by atomic mass is 9.78. The molecule has 0 saturated carbocycles. The summed E-state index contributed by atoms with van der Waals surface area (Å²) in [5.41, 5.74) is 0.587. The fraction of sp³-hybridized carbons (Fsp3) is 1.00. The van der Waals surface area contributed by atoms with Crippen molar-refractivity contribution in [2.75, 3.05) is 6.54 Å². The van der Waals surface area contributed by atoms with Gasteiger partial charge in [0, 0.05) is 6.04 Å². The number of hydrogen-bond donors (Lipinski definition) is 1. The van der Waals surface area contributed by atoms with Gasteiger partial charge in [0.05, 0.1) is 0 Å². The largest absolute Gasteiger partial charge is 0.314 e. The number of piperidine rings is 1. The fourth-order valence-corrected chi connectivity index (χ4v) is 2.11. The maximum Gasteiger partial charge on any atom is 0.00721 e. The van der Waals surface area contributed by atoms with Crippen LogP contribution in [0.15, 0.2) is 0 Å². The van der Waals surface area contributed by atoms with Crippen LogP contribution in [0.4, 0.5) is 0 Å². The fourth-order valence-electron chi connectivity index (χ4n) is 2.11. The molecule has 1 aliphatic rings. The van der Waals surface area contributed by atoms with Gasteiger partial charge in [-0.05, 0) is 31.2 Å². The van der Waals surface area contributed by atoms with Gasteiger partial charge in [0.1, 0.15) is 0 Å². The topological polar surface area (TPSA) is 12.0 Å². The molecule has 1 N–H and O–H groups in total. The highest BCUT2D eigenvalue weighted by molar-refractivity contribution is 4.83. The van der Waals surface area contributed by atoms with E-state index in [1.807, 2.05) is 0 Å². The number of nitrogens with one attached hydrogen (secondary N) is 1. The number of hydrogen-bond acceptors (Lipinski definition) is 1. The molecule has 0 aromatic heterocycles.